The summed E-state index contributed by atoms with van der Waals surface area (Å²) >= 11 is 12.2. The highest BCUT2D eigenvalue weighted by molar-refractivity contribution is 7.92. The fourth-order valence-electron chi connectivity index (χ4n) is 2.59. The first-order valence-corrected chi connectivity index (χ1v) is 10.7. The van der Waals surface area contributed by atoms with Crippen LogP contribution in [0.15, 0.2) is 42.5 Å². The lowest BCUT2D eigenvalue weighted by molar-refractivity contribution is -0.117. The van der Waals surface area contributed by atoms with Crippen molar-refractivity contribution in [1.29, 1.82) is 0 Å². The number of anilines is 2. The molecule has 1 atom stereocenters. The average Bonchev–Trinajstić information content (AvgIpc) is 2.61. The Kier molecular flexibility index (Phi) is 6.97. The smallest absolute Gasteiger partial charge is 0.248 e. The molecule has 0 bridgehead atoms. The summed E-state index contributed by atoms with van der Waals surface area (Å²) in [6, 6.07) is 10.2. The van der Waals surface area contributed by atoms with Gasteiger partial charge in [0.1, 0.15) is 11.8 Å². The van der Waals surface area contributed by atoms with Crippen molar-refractivity contribution in [3.8, 4) is 5.75 Å². The Balaban J connectivity index is 2.39. The van der Waals surface area contributed by atoms with Crippen LogP contribution in [0.2, 0.25) is 10.0 Å². The molecule has 0 aliphatic heterocycles. The van der Waals surface area contributed by atoms with Crippen LogP contribution < -0.4 is 14.4 Å². The van der Waals surface area contributed by atoms with Crippen LogP contribution >= 0.6 is 23.2 Å². The Labute approximate surface area is 169 Å². The first-order chi connectivity index (χ1) is 12.7. The number of hydrogen-bond donors (Lipinski definition) is 1. The first-order valence-electron chi connectivity index (χ1n) is 8.06. The molecule has 0 aromatic heterocycles. The van der Waals surface area contributed by atoms with E-state index in [4.69, 9.17) is 27.9 Å². The highest BCUT2D eigenvalue weighted by Crippen LogP contribution is 2.33. The van der Waals surface area contributed by atoms with Crippen LogP contribution in [0.1, 0.15) is 13.3 Å². The SMILES string of the molecule is CC[C@H](C(=O)Nc1ccc(OC)cc1)N(c1cc(Cl)ccc1Cl)S(C)(=O)=O. The van der Waals surface area contributed by atoms with Gasteiger partial charge in [0.2, 0.25) is 15.9 Å². The number of nitrogens with one attached hydrogen (secondary N) is 1. The predicted molar refractivity (Wildman–Crippen MR) is 109 cm³/mol. The van der Waals surface area contributed by atoms with Gasteiger partial charge < -0.3 is 10.1 Å². The number of nitrogens with zero attached hydrogens (tertiary/aromatic N) is 1. The fraction of sp³-hybridized carbons (Fsp3) is 0.278. The van der Waals surface area contributed by atoms with Gasteiger partial charge >= 0.3 is 0 Å². The number of ether oxygens (including phenoxy) is 1. The molecule has 27 heavy (non-hydrogen) atoms. The number of methoxy groups -OCH3 is 1. The third kappa shape index (κ3) is 5.28. The van der Waals surface area contributed by atoms with Gasteiger partial charge in [0.25, 0.3) is 0 Å². The van der Waals surface area contributed by atoms with E-state index in [0.717, 1.165) is 10.6 Å². The van der Waals surface area contributed by atoms with E-state index in [-0.39, 0.29) is 17.1 Å². The van der Waals surface area contributed by atoms with Gasteiger partial charge in [-0.2, -0.15) is 0 Å². The normalized spacial score (nSPS) is 12.3. The second kappa shape index (κ2) is 8.82. The van der Waals surface area contributed by atoms with Crippen molar-refractivity contribution >= 4 is 50.5 Å². The molecule has 0 saturated heterocycles. The van der Waals surface area contributed by atoms with Gasteiger partial charge in [0, 0.05) is 10.7 Å². The molecule has 0 spiro atoms. The Morgan fingerprint density at radius 2 is 1.81 bits per heavy atom. The maximum Gasteiger partial charge on any atom is 0.248 e. The van der Waals surface area contributed by atoms with Gasteiger partial charge in [-0.3, -0.25) is 9.10 Å². The summed E-state index contributed by atoms with van der Waals surface area (Å²) in [7, 11) is -2.27. The molecular formula is C18H20Cl2N2O4S. The summed E-state index contributed by atoms with van der Waals surface area (Å²) < 4.78 is 31.0. The minimum atomic E-state index is -3.81. The molecule has 9 heteroatoms. The quantitative estimate of drug-likeness (QED) is 0.714. The van der Waals surface area contributed by atoms with Crippen molar-refractivity contribution in [2.45, 2.75) is 19.4 Å². The lowest BCUT2D eigenvalue weighted by Gasteiger charge is -2.30. The zero-order valence-corrected chi connectivity index (χ0v) is 17.4. The standard InChI is InChI=1S/C18H20Cl2N2O4S/c1-4-16(18(23)21-13-6-8-14(26-2)9-7-13)22(27(3,24)25)17-11-12(19)5-10-15(17)20/h5-11,16H,4H2,1-3H3,(H,21,23)/t16-/m1/s1. The van der Waals surface area contributed by atoms with E-state index < -0.39 is 22.0 Å². The number of carbonyl (C=O) groups excluding carboxylic acids is 1. The van der Waals surface area contributed by atoms with Gasteiger partial charge in [0.05, 0.1) is 24.1 Å². The molecule has 2 aromatic carbocycles. The minimum absolute atomic E-state index is 0.156. The molecule has 0 heterocycles. The Morgan fingerprint density at radius 1 is 1.19 bits per heavy atom. The second-order valence-electron chi connectivity index (χ2n) is 5.80. The van der Waals surface area contributed by atoms with Gasteiger partial charge in [-0.15, -0.1) is 0 Å². The topological polar surface area (TPSA) is 75.7 Å². The Hall–Kier alpha value is -1.96. The zero-order valence-electron chi connectivity index (χ0n) is 15.1. The second-order valence-corrected chi connectivity index (χ2v) is 8.50. The molecule has 1 N–H and O–H groups in total. The van der Waals surface area contributed by atoms with Crippen LogP contribution in [0.25, 0.3) is 0 Å². The number of carbonyl (C=O) groups is 1. The Morgan fingerprint density at radius 3 is 2.33 bits per heavy atom. The number of amides is 1. The molecule has 0 radical (unpaired) electrons. The van der Waals surface area contributed by atoms with Crippen molar-refractivity contribution in [3.05, 3.63) is 52.5 Å². The highest BCUT2D eigenvalue weighted by atomic mass is 35.5. The van der Waals surface area contributed by atoms with Gasteiger partial charge in [-0.1, -0.05) is 30.1 Å². The number of benzene rings is 2. The van der Waals surface area contributed by atoms with Crippen molar-refractivity contribution in [1.82, 2.24) is 0 Å². The van der Waals surface area contributed by atoms with E-state index in [0.29, 0.717) is 16.5 Å². The molecule has 1 amide bonds. The molecule has 2 aromatic rings. The maximum absolute atomic E-state index is 12.8. The lowest BCUT2D eigenvalue weighted by atomic mass is 10.1. The first kappa shape index (κ1) is 21.3. The van der Waals surface area contributed by atoms with Crippen LogP contribution in [0.3, 0.4) is 0 Å². The zero-order chi connectivity index (χ0) is 20.2. The molecule has 6 nitrogen and oxygen atoms in total. The van der Waals surface area contributed by atoms with E-state index in [2.05, 4.69) is 5.32 Å². The monoisotopic (exact) mass is 430 g/mol. The van der Waals surface area contributed by atoms with E-state index >= 15 is 0 Å². The van der Waals surface area contributed by atoms with E-state index in [1.807, 2.05) is 0 Å². The maximum atomic E-state index is 12.8. The van der Waals surface area contributed by atoms with Crippen LogP contribution in [-0.2, 0) is 14.8 Å². The molecule has 146 valence electrons. The summed E-state index contributed by atoms with van der Waals surface area (Å²) in [5.41, 5.74) is 0.674. The van der Waals surface area contributed by atoms with Crippen LogP contribution in [0.5, 0.6) is 5.75 Å². The summed E-state index contributed by atoms with van der Waals surface area (Å²) in [5, 5.41) is 3.22. The summed E-state index contributed by atoms with van der Waals surface area (Å²) in [6.07, 6.45) is 1.26. The lowest BCUT2D eigenvalue weighted by Crippen LogP contribution is -2.47. The van der Waals surface area contributed by atoms with Gasteiger partial charge in [0.15, 0.2) is 0 Å². The third-order valence-electron chi connectivity index (χ3n) is 3.83. The molecular weight excluding hydrogens is 411 g/mol. The number of halogens is 2. The predicted octanol–water partition coefficient (Wildman–Crippen LogP) is 4.19. The molecule has 0 aliphatic carbocycles. The van der Waals surface area contributed by atoms with Gasteiger partial charge in [-0.05, 0) is 48.9 Å². The minimum Gasteiger partial charge on any atom is -0.497 e. The van der Waals surface area contributed by atoms with E-state index in [9.17, 15) is 13.2 Å². The average molecular weight is 431 g/mol. The van der Waals surface area contributed by atoms with E-state index in [1.54, 1.807) is 44.4 Å². The van der Waals surface area contributed by atoms with Crippen molar-refractivity contribution < 1.29 is 17.9 Å². The largest absolute Gasteiger partial charge is 0.497 e. The number of rotatable bonds is 7. The fourth-order valence-corrected chi connectivity index (χ4v) is 4.23. The number of hydrogen-bond acceptors (Lipinski definition) is 4. The van der Waals surface area contributed by atoms with Gasteiger partial charge in [-0.25, -0.2) is 8.42 Å². The molecule has 0 saturated carbocycles. The van der Waals surface area contributed by atoms with Crippen molar-refractivity contribution in [2.75, 3.05) is 23.0 Å². The summed E-state index contributed by atoms with van der Waals surface area (Å²) in [4.78, 5) is 12.8. The number of sulfonamides is 1. The van der Waals surface area contributed by atoms with Crippen LogP contribution in [0.4, 0.5) is 11.4 Å². The summed E-state index contributed by atoms with van der Waals surface area (Å²) in [5.74, 6) is 0.160. The summed E-state index contributed by atoms with van der Waals surface area (Å²) in [6.45, 7) is 1.72. The van der Waals surface area contributed by atoms with Crippen LogP contribution in [0, 0.1) is 0 Å². The van der Waals surface area contributed by atoms with Crippen molar-refractivity contribution in [2.24, 2.45) is 0 Å². The molecule has 0 unspecified atom stereocenters. The van der Waals surface area contributed by atoms with Crippen molar-refractivity contribution in [3.63, 3.8) is 0 Å². The molecule has 0 fully saturated rings. The highest BCUT2D eigenvalue weighted by Gasteiger charge is 2.33. The Bertz CT molecular complexity index is 917. The molecule has 2 rings (SSSR count). The third-order valence-corrected chi connectivity index (χ3v) is 5.55. The van der Waals surface area contributed by atoms with Crippen LogP contribution in [-0.4, -0.2) is 33.7 Å². The van der Waals surface area contributed by atoms with E-state index in [1.165, 1.54) is 12.1 Å². The molecule has 0 aliphatic rings.